The molecule has 156 valence electrons. The van der Waals surface area contributed by atoms with Crippen molar-refractivity contribution in [2.45, 2.75) is 44.6 Å². The number of hydrogen-bond donors (Lipinski definition) is 0. The van der Waals surface area contributed by atoms with E-state index in [1.54, 1.807) is 7.11 Å². The molecule has 1 aromatic rings. The molecule has 2 fully saturated rings. The standard InChI is InChI=1S/C23H37N3O2/c1-24-14-5-4-6-22(24)23(27)25(2)18-20-12-16-26(17-13-20)15-11-19-7-9-21(28-3)10-8-19/h7-10,20,22H,4-6,11-18H2,1-3H3/t22-/m0/s1. The van der Waals surface area contributed by atoms with Gasteiger partial charge in [-0.25, -0.2) is 0 Å². The number of hydrogen-bond acceptors (Lipinski definition) is 4. The molecule has 1 atom stereocenters. The number of ether oxygens (including phenoxy) is 1. The van der Waals surface area contributed by atoms with Crippen molar-refractivity contribution in [1.29, 1.82) is 0 Å². The van der Waals surface area contributed by atoms with Gasteiger partial charge in [-0.3, -0.25) is 9.69 Å². The molecule has 2 saturated heterocycles. The van der Waals surface area contributed by atoms with E-state index in [0.29, 0.717) is 11.8 Å². The van der Waals surface area contributed by atoms with E-state index in [0.717, 1.165) is 51.3 Å². The Morgan fingerprint density at radius 1 is 1.11 bits per heavy atom. The van der Waals surface area contributed by atoms with Crippen molar-refractivity contribution in [2.24, 2.45) is 5.92 Å². The van der Waals surface area contributed by atoms with Gasteiger partial charge in [0.25, 0.3) is 0 Å². The second kappa shape index (κ2) is 10.3. The van der Waals surface area contributed by atoms with Crippen LogP contribution in [0.25, 0.3) is 0 Å². The largest absolute Gasteiger partial charge is 0.497 e. The highest BCUT2D eigenvalue weighted by Crippen LogP contribution is 2.21. The van der Waals surface area contributed by atoms with E-state index in [2.05, 4.69) is 29.0 Å². The molecule has 0 radical (unpaired) electrons. The first kappa shape index (κ1) is 21.1. The summed E-state index contributed by atoms with van der Waals surface area (Å²) in [5.41, 5.74) is 1.37. The Bertz CT molecular complexity index is 611. The summed E-state index contributed by atoms with van der Waals surface area (Å²) in [6.07, 6.45) is 6.90. The Labute approximate surface area is 170 Å². The quantitative estimate of drug-likeness (QED) is 0.721. The first-order valence-electron chi connectivity index (χ1n) is 10.9. The summed E-state index contributed by atoms with van der Waals surface area (Å²) in [5.74, 6) is 1.88. The Morgan fingerprint density at radius 3 is 2.46 bits per heavy atom. The second-order valence-corrected chi connectivity index (χ2v) is 8.59. The number of nitrogens with zero attached hydrogens (tertiary/aromatic N) is 3. The van der Waals surface area contributed by atoms with Gasteiger partial charge in [0, 0.05) is 20.1 Å². The van der Waals surface area contributed by atoms with Crippen molar-refractivity contribution in [2.75, 3.05) is 53.9 Å². The molecule has 0 spiro atoms. The topological polar surface area (TPSA) is 36.0 Å². The minimum Gasteiger partial charge on any atom is -0.497 e. The minimum atomic E-state index is 0.100. The van der Waals surface area contributed by atoms with E-state index in [1.165, 1.54) is 31.2 Å². The Hall–Kier alpha value is -1.59. The number of benzene rings is 1. The van der Waals surface area contributed by atoms with Crippen molar-refractivity contribution in [3.8, 4) is 5.75 Å². The molecule has 3 rings (SSSR count). The van der Waals surface area contributed by atoms with Gasteiger partial charge in [-0.15, -0.1) is 0 Å². The van der Waals surface area contributed by atoms with E-state index in [9.17, 15) is 4.79 Å². The van der Waals surface area contributed by atoms with Crippen LogP contribution in [0, 0.1) is 5.92 Å². The fourth-order valence-electron chi connectivity index (χ4n) is 4.59. The maximum atomic E-state index is 12.8. The van der Waals surface area contributed by atoms with Crippen LogP contribution in [0.4, 0.5) is 0 Å². The van der Waals surface area contributed by atoms with Crippen LogP contribution in [0.15, 0.2) is 24.3 Å². The van der Waals surface area contributed by atoms with Gasteiger partial charge in [-0.1, -0.05) is 18.6 Å². The third kappa shape index (κ3) is 5.71. The Morgan fingerprint density at radius 2 is 1.82 bits per heavy atom. The molecule has 2 aliphatic rings. The van der Waals surface area contributed by atoms with Crippen LogP contribution < -0.4 is 4.74 Å². The van der Waals surface area contributed by atoms with E-state index in [-0.39, 0.29) is 6.04 Å². The normalized spacial score (nSPS) is 22.2. The lowest BCUT2D eigenvalue weighted by Gasteiger charge is -2.37. The summed E-state index contributed by atoms with van der Waals surface area (Å²) in [6, 6.07) is 8.50. The molecule has 0 unspecified atom stereocenters. The number of likely N-dealkylation sites (N-methyl/N-ethyl adjacent to an activating group) is 2. The third-order valence-corrected chi connectivity index (χ3v) is 6.55. The molecular formula is C23H37N3O2. The zero-order valence-electron chi connectivity index (χ0n) is 17.9. The summed E-state index contributed by atoms with van der Waals surface area (Å²) in [5, 5.41) is 0. The second-order valence-electron chi connectivity index (χ2n) is 8.59. The molecule has 0 bridgehead atoms. The molecule has 2 heterocycles. The van der Waals surface area contributed by atoms with Crippen molar-refractivity contribution in [3.05, 3.63) is 29.8 Å². The molecule has 5 nitrogen and oxygen atoms in total. The van der Waals surface area contributed by atoms with Gasteiger partial charge in [0.05, 0.1) is 13.2 Å². The molecule has 0 aromatic heterocycles. The minimum absolute atomic E-state index is 0.100. The van der Waals surface area contributed by atoms with Crippen LogP contribution in [0.3, 0.4) is 0 Å². The fourth-order valence-corrected chi connectivity index (χ4v) is 4.59. The van der Waals surface area contributed by atoms with Crippen LogP contribution in [0.2, 0.25) is 0 Å². The number of piperidine rings is 2. The average Bonchev–Trinajstić information content (AvgIpc) is 2.73. The molecule has 5 heteroatoms. The van der Waals surface area contributed by atoms with Crippen LogP contribution in [-0.4, -0.2) is 80.6 Å². The van der Waals surface area contributed by atoms with Gasteiger partial charge in [0.1, 0.15) is 5.75 Å². The van der Waals surface area contributed by atoms with Gasteiger partial charge >= 0.3 is 0 Å². The summed E-state index contributed by atoms with van der Waals surface area (Å²) in [6.45, 7) is 5.37. The predicted molar refractivity (Wildman–Crippen MR) is 114 cm³/mol. The Balaban J connectivity index is 1.38. The first-order chi connectivity index (χ1) is 13.6. The van der Waals surface area contributed by atoms with Crippen molar-refractivity contribution >= 4 is 5.91 Å². The monoisotopic (exact) mass is 387 g/mol. The molecule has 28 heavy (non-hydrogen) atoms. The molecule has 0 N–H and O–H groups in total. The zero-order valence-corrected chi connectivity index (χ0v) is 17.9. The highest BCUT2D eigenvalue weighted by Gasteiger charge is 2.30. The highest BCUT2D eigenvalue weighted by molar-refractivity contribution is 5.81. The first-order valence-corrected chi connectivity index (χ1v) is 10.9. The predicted octanol–water partition coefficient (Wildman–Crippen LogP) is 2.89. The average molecular weight is 388 g/mol. The molecule has 0 aliphatic carbocycles. The van der Waals surface area contributed by atoms with Gasteiger partial charge in [0.15, 0.2) is 0 Å². The van der Waals surface area contributed by atoms with Crippen molar-refractivity contribution < 1.29 is 9.53 Å². The summed E-state index contributed by atoms with van der Waals surface area (Å²) in [7, 11) is 5.80. The summed E-state index contributed by atoms with van der Waals surface area (Å²) >= 11 is 0. The van der Waals surface area contributed by atoms with E-state index in [4.69, 9.17) is 4.74 Å². The molecule has 1 aromatic carbocycles. The molecule has 0 saturated carbocycles. The Kier molecular flexibility index (Phi) is 7.74. The lowest BCUT2D eigenvalue weighted by atomic mass is 9.95. The SMILES string of the molecule is COc1ccc(CCN2CCC(CN(C)C(=O)[C@@H]3CCCCN3C)CC2)cc1. The number of carbonyl (C=O) groups excluding carboxylic acids is 1. The number of amides is 1. The number of methoxy groups -OCH3 is 1. The number of likely N-dealkylation sites (tertiary alicyclic amines) is 2. The highest BCUT2D eigenvalue weighted by atomic mass is 16.5. The van der Waals surface area contributed by atoms with Crippen LogP contribution in [-0.2, 0) is 11.2 Å². The van der Waals surface area contributed by atoms with Gasteiger partial charge in [-0.05, 0) is 82.4 Å². The van der Waals surface area contributed by atoms with Gasteiger partial charge in [0.2, 0.25) is 5.91 Å². The van der Waals surface area contributed by atoms with Crippen LogP contribution >= 0.6 is 0 Å². The maximum absolute atomic E-state index is 12.8. The third-order valence-electron chi connectivity index (χ3n) is 6.55. The number of rotatable bonds is 7. The molecule has 1 amide bonds. The molecule has 2 aliphatic heterocycles. The zero-order chi connectivity index (χ0) is 19.9. The van der Waals surface area contributed by atoms with Crippen molar-refractivity contribution in [1.82, 2.24) is 14.7 Å². The maximum Gasteiger partial charge on any atom is 0.239 e. The van der Waals surface area contributed by atoms with Crippen LogP contribution in [0.5, 0.6) is 5.75 Å². The van der Waals surface area contributed by atoms with Crippen LogP contribution in [0.1, 0.15) is 37.7 Å². The fraction of sp³-hybridized carbons (Fsp3) is 0.696. The lowest BCUT2D eigenvalue weighted by Crippen LogP contribution is -2.49. The lowest BCUT2D eigenvalue weighted by molar-refractivity contribution is -0.137. The molecular weight excluding hydrogens is 350 g/mol. The van der Waals surface area contributed by atoms with E-state index in [1.807, 2.05) is 24.1 Å². The smallest absolute Gasteiger partial charge is 0.239 e. The summed E-state index contributed by atoms with van der Waals surface area (Å²) < 4.78 is 5.23. The van der Waals surface area contributed by atoms with Gasteiger partial charge < -0.3 is 14.5 Å². The summed E-state index contributed by atoms with van der Waals surface area (Å²) in [4.78, 5) is 19.6. The van der Waals surface area contributed by atoms with Gasteiger partial charge in [-0.2, -0.15) is 0 Å². The number of carbonyl (C=O) groups is 1. The van der Waals surface area contributed by atoms with E-state index < -0.39 is 0 Å². The van der Waals surface area contributed by atoms with Crippen molar-refractivity contribution in [3.63, 3.8) is 0 Å². The van der Waals surface area contributed by atoms with E-state index >= 15 is 0 Å².